The minimum atomic E-state index is 0.833. The molecule has 1 saturated carbocycles. The first-order valence-electron chi connectivity index (χ1n) is 11.8. The molecule has 2 heterocycles. The summed E-state index contributed by atoms with van der Waals surface area (Å²) < 4.78 is 2.35. The lowest BCUT2D eigenvalue weighted by Gasteiger charge is -2.12. The fourth-order valence-corrected chi connectivity index (χ4v) is 4.56. The van der Waals surface area contributed by atoms with Gasteiger partial charge in [0.05, 0.1) is 0 Å². The van der Waals surface area contributed by atoms with Crippen LogP contribution in [0.2, 0.25) is 0 Å². The van der Waals surface area contributed by atoms with E-state index in [4.69, 9.17) is 4.99 Å². The van der Waals surface area contributed by atoms with Crippen molar-refractivity contribution in [2.45, 2.75) is 96.9 Å². The molecule has 0 bridgehead atoms. The maximum atomic E-state index is 4.76. The fourth-order valence-electron chi connectivity index (χ4n) is 4.56. The molecule has 6 heteroatoms. The summed E-state index contributed by atoms with van der Waals surface area (Å²) in [5.74, 6) is 4.30. The second kappa shape index (κ2) is 12.1. The van der Waals surface area contributed by atoms with Gasteiger partial charge in [-0.2, -0.15) is 0 Å². The molecule has 0 atom stereocenters. The molecule has 1 aliphatic carbocycles. The van der Waals surface area contributed by atoms with Crippen molar-refractivity contribution in [3.63, 3.8) is 0 Å². The number of aliphatic imine (C=N–C) groups is 1. The zero-order chi connectivity index (χ0) is 19.4. The average Bonchev–Trinajstić information content (AvgIpc) is 3.29. The number of hydrogen-bond acceptors (Lipinski definition) is 3. The largest absolute Gasteiger partial charge is 0.357 e. The first kappa shape index (κ1) is 21.1. The van der Waals surface area contributed by atoms with Crippen LogP contribution in [0.15, 0.2) is 4.99 Å². The normalized spacial score (nSPS) is 18.1. The molecule has 0 saturated heterocycles. The van der Waals surface area contributed by atoms with Crippen molar-refractivity contribution in [2.75, 3.05) is 19.6 Å². The number of rotatable bonds is 10. The molecule has 3 rings (SSSR count). The highest BCUT2D eigenvalue weighted by Crippen LogP contribution is 2.28. The first-order chi connectivity index (χ1) is 13.9. The van der Waals surface area contributed by atoms with E-state index in [1.165, 1.54) is 70.0 Å². The Kier molecular flexibility index (Phi) is 9.11. The van der Waals surface area contributed by atoms with Crippen molar-refractivity contribution in [1.29, 1.82) is 0 Å². The van der Waals surface area contributed by atoms with Crippen molar-refractivity contribution in [2.24, 2.45) is 10.9 Å². The SMILES string of the molecule is CCNC(=NCCCc1nnc2n1CCCCC2)NCCCCC1CCCC1. The second-order valence-electron chi connectivity index (χ2n) is 8.43. The number of hydrogen-bond donors (Lipinski definition) is 2. The van der Waals surface area contributed by atoms with Crippen molar-refractivity contribution in [1.82, 2.24) is 25.4 Å². The van der Waals surface area contributed by atoms with E-state index in [9.17, 15) is 0 Å². The molecule has 0 amide bonds. The molecule has 1 aromatic rings. The van der Waals surface area contributed by atoms with Gasteiger partial charge in [-0.05, 0) is 38.5 Å². The minimum absolute atomic E-state index is 0.833. The van der Waals surface area contributed by atoms with Gasteiger partial charge in [0.1, 0.15) is 11.6 Å². The Morgan fingerprint density at radius 2 is 1.93 bits per heavy atom. The number of guanidine groups is 1. The molecule has 1 aromatic heterocycles. The molecular weight excluding hydrogens is 348 g/mol. The van der Waals surface area contributed by atoms with Gasteiger partial charge in [0.15, 0.2) is 5.96 Å². The molecule has 2 N–H and O–H groups in total. The maximum Gasteiger partial charge on any atom is 0.191 e. The summed E-state index contributed by atoms with van der Waals surface area (Å²) in [7, 11) is 0. The van der Waals surface area contributed by atoms with Crippen LogP contribution in [0.4, 0.5) is 0 Å². The standard InChI is InChI=1S/C22H40N6/c1-2-23-22(24-16-8-7-13-19-11-5-6-12-19)25-17-10-15-21-27-26-20-14-4-3-9-18-28(20)21/h19H,2-18H2,1H3,(H2,23,24,25). The minimum Gasteiger partial charge on any atom is -0.357 e. The van der Waals surface area contributed by atoms with Gasteiger partial charge in [0.2, 0.25) is 0 Å². The van der Waals surface area contributed by atoms with E-state index in [2.05, 4.69) is 32.3 Å². The van der Waals surface area contributed by atoms with Crippen molar-refractivity contribution >= 4 is 5.96 Å². The zero-order valence-electron chi connectivity index (χ0n) is 17.9. The second-order valence-corrected chi connectivity index (χ2v) is 8.43. The predicted molar refractivity (Wildman–Crippen MR) is 116 cm³/mol. The summed E-state index contributed by atoms with van der Waals surface area (Å²) in [6.07, 6.45) is 16.7. The lowest BCUT2D eigenvalue weighted by atomic mass is 10.0. The molecule has 0 unspecified atom stereocenters. The van der Waals surface area contributed by atoms with Gasteiger partial charge in [-0.25, -0.2) is 0 Å². The molecule has 28 heavy (non-hydrogen) atoms. The third kappa shape index (κ3) is 6.78. The van der Waals surface area contributed by atoms with Gasteiger partial charge < -0.3 is 15.2 Å². The maximum absolute atomic E-state index is 4.76. The molecule has 0 aromatic carbocycles. The summed E-state index contributed by atoms with van der Waals surface area (Å²) in [5, 5.41) is 15.7. The van der Waals surface area contributed by atoms with Crippen LogP contribution in [0.25, 0.3) is 0 Å². The Bertz CT molecular complexity index is 588. The lowest BCUT2D eigenvalue weighted by Crippen LogP contribution is -2.37. The Balaban J connectivity index is 1.34. The molecule has 158 valence electrons. The Hall–Kier alpha value is -1.59. The van der Waals surface area contributed by atoms with Gasteiger partial charge >= 0.3 is 0 Å². The topological polar surface area (TPSA) is 67.1 Å². The zero-order valence-corrected chi connectivity index (χ0v) is 17.9. The van der Waals surface area contributed by atoms with E-state index < -0.39 is 0 Å². The number of aromatic nitrogens is 3. The van der Waals surface area contributed by atoms with Crippen molar-refractivity contribution < 1.29 is 0 Å². The summed E-state index contributed by atoms with van der Waals surface area (Å²) >= 11 is 0. The molecule has 0 radical (unpaired) electrons. The highest BCUT2D eigenvalue weighted by atomic mass is 15.3. The molecule has 1 aliphatic heterocycles. The summed E-state index contributed by atoms with van der Waals surface area (Å²) in [4.78, 5) is 4.76. The van der Waals surface area contributed by atoms with Crippen LogP contribution in [-0.2, 0) is 19.4 Å². The van der Waals surface area contributed by atoms with Gasteiger partial charge in [-0.1, -0.05) is 44.9 Å². The van der Waals surface area contributed by atoms with E-state index in [-0.39, 0.29) is 0 Å². The van der Waals surface area contributed by atoms with E-state index >= 15 is 0 Å². The van der Waals surface area contributed by atoms with E-state index in [1.54, 1.807) is 0 Å². The van der Waals surface area contributed by atoms with Crippen LogP contribution >= 0.6 is 0 Å². The number of unbranched alkanes of at least 4 members (excludes halogenated alkanes) is 1. The predicted octanol–water partition coefficient (Wildman–Crippen LogP) is 3.85. The molecule has 2 aliphatic rings. The molecule has 1 fully saturated rings. The van der Waals surface area contributed by atoms with Gasteiger partial charge in [-0.3, -0.25) is 4.99 Å². The monoisotopic (exact) mass is 388 g/mol. The fraction of sp³-hybridized carbons (Fsp3) is 0.864. The van der Waals surface area contributed by atoms with E-state index in [0.717, 1.165) is 63.1 Å². The van der Waals surface area contributed by atoms with Crippen LogP contribution in [0.3, 0.4) is 0 Å². The first-order valence-corrected chi connectivity index (χ1v) is 11.8. The van der Waals surface area contributed by atoms with E-state index in [0.29, 0.717) is 0 Å². The Morgan fingerprint density at radius 3 is 2.79 bits per heavy atom. The quantitative estimate of drug-likeness (QED) is 0.363. The third-order valence-electron chi connectivity index (χ3n) is 6.17. The average molecular weight is 389 g/mol. The number of fused-ring (bicyclic) bond motifs is 1. The van der Waals surface area contributed by atoms with Crippen LogP contribution in [0, 0.1) is 5.92 Å². The third-order valence-corrected chi connectivity index (χ3v) is 6.17. The number of nitrogens with one attached hydrogen (secondary N) is 2. The number of nitrogens with zero attached hydrogens (tertiary/aromatic N) is 4. The van der Waals surface area contributed by atoms with Crippen molar-refractivity contribution in [3.8, 4) is 0 Å². The molecule has 6 nitrogen and oxygen atoms in total. The summed E-state index contributed by atoms with van der Waals surface area (Å²) in [5.41, 5.74) is 0. The smallest absolute Gasteiger partial charge is 0.191 e. The van der Waals surface area contributed by atoms with Crippen LogP contribution in [-0.4, -0.2) is 40.4 Å². The highest BCUT2D eigenvalue weighted by Gasteiger charge is 2.15. The number of aryl methyl sites for hydroxylation is 2. The van der Waals surface area contributed by atoms with Crippen LogP contribution in [0.1, 0.15) is 89.2 Å². The van der Waals surface area contributed by atoms with Gasteiger partial charge in [0.25, 0.3) is 0 Å². The summed E-state index contributed by atoms with van der Waals surface area (Å²) in [6.45, 7) is 5.98. The van der Waals surface area contributed by atoms with Crippen molar-refractivity contribution in [3.05, 3.63) is 11.6 Å². The van der Waals surface area contributed by atoms with Gasteiger partial charge in [-0.15, -0.1) is 10.2 Å². The van der Waals surface area contributed by atoms with Crippen LogP contribution < -0.4 is 10.6 Å². The highest BCUT2D eigenvalue weighted by molar-refractivity contribution is 5.79. The molecule has 0 spiro atoms. The molecular formula is C22H40N6. The van der Waals surface area contributed by atoms with Crippen LogP contribution in [0.5, 0.6) is 0 Å². The van der Waals surface area contributed by atoms with Gasteiger partial charge in [0, 0.05) is 39.0 Å². The Labute approximate surface area is 171 Å². The van der Waals surface area contributed by atoms with E-state index in [1.807, 2.05) is 0 Å². The summed E-state index contributed by atoms with van der Waals surface area (Å²) in [6, 6.07) is 0. The lowest BCUT2D eigenvalue weighted by molar-refractivity contribution is 0.472. The Morgan fingerprint density at radius 1 is 1.04 bits per heavy atom.